The Bertz CT molecular complexity index is 1270. The van der Waals surface area contributed by atoms with Crippen LogP contribution < -0.4 is 5.32 Å². The fourth-order valence-corrected chi connectivity index (χ4v) is 4.44. The molecule has 3 heterocycles. The van der Waals surface area contributed by atoms with Crippen LogP contribution in [0.1, 0.15) is 43.5 Å². The van der Waals surface area contributed by atoms with E-state index in [-0.39, 0.29) is 24.7 Å². The van der Waals surface area contributed by atoms with E-state index in [1.165, 1.54) is 12.3 Å². The molecular formula is C25H23F3N4O2S. The van der Waals surface area contributed by atoms with Crippen LogP contribution in [0.25, 0.3) is 0 Å². The number of oxazole rings is 1. The first-order valence-electron chi connectivity index (χ1n) is 10.8. The van der Waals surface area contributed by atoms with E-state index in [4.69, 9.17) is 4.42 Å². The minimum absolute atomic E-state index is 0.134. The SMILES string of the molecule is Cc1ccsc1CN(Cc1cccc(C(F)(F)F)c1)Cc1nc(C(=O)NCc2cccnc2)co1. The topological polar surface area (TPSA) is 71.3 Å². The molecule has 0 saturated carbocycles. The number of pyridine rings is 1. The van der Waals surface area contributed by atoms with Crippen molar-refractivity contribution in [3.8, 4) is 0 Å². The molecule has 182 valence electrons. The van der Waals surface area contributed by atoms with Crippen LogP contribution in [-0.2, 0) is 32.4 Å². The lowest BCUT2D eigenvalue weighted by Gasteiger charge is -2.21. The summed E-state index contributed by atoms with van der Waals surface area (Å²) in [5.41, 5.74) is 1.92. The number of nitrogens with one attached hydrogen (secondary N) is 1. The Hall–Kier alpha value is -3.50. The predicted octanol–water partition coefficient (Wildman–Crippen LogP) is 5.59. The third-order valence-corrected chi connectivity index (χ3v) is 6.32. The quantitative estimate of drug-likeness (QED) is 0.324. The first-order valence-corrected chi connectivity index (χ1v) is 11.7. The van der Waals surface area contributed by atoms with Crippen LogP contribution in [0.2, 0.25) is 0 Å². The minimum atomic E-state index is -4.41. The minimum Gasteiger partial charge on any atom is -0.447 e. The smallest absolute Gasteiger partial charge is 0.416 e. The van der Waals surface area contributed by atoms with Crippen LogP contribution in [0, 0.1) is 6.92 Å². The number of thiophene rings is 1. The Kier molecular flexibility index (Phi) is 7.62. The van der Waals surface area contributed by atoms with E-state index in [9.17, 15) is 18.0 Å². The Morgan fingerprint density at radius 2 is 1.94 bits per heavy atom. The van der Waals surface area contributed by atoms with Crippen LogP contribution in [0.5, 0.6) is 0 Å². The van der Waals surface area contributed by atoms with Crippen molar-refractivity contribution in [2.24, 2.45) is 0 Å². The molecule has 4 aromatic rings. The lowest BCUT2D eigenvalue weighted by atomic mass is 10.1. The highest BCUT2D eigenvalue weighted by atomic mass is 32.1. The van der Waals surface area contributed by atoms with E-state index in [0.29, 0.717) is 24.5 Å². The van der Waals surface area contributed by atoms with Gasteiger partial charge in [0.25, 0.3) is 5.91 Å². The number of halogens is 3. The van der Waals surface area contributed by atoms with Crippen LogP contribution in [0.3, 0.4) is 0 Å². The molecule has 0 bridgehead atoms. The summed E-state index contributed by atoms with van der Waals surface area (Å²) in [5.74, 6) is -0.0832. The summed E-state index contributed by atoms with van der Waals surface area (Å²) in [6.07, 6.45) is 0.184. The summed E-state index contributed by atoms with van der Waals surface area (Å²) in [4.78, 5) is 23.8. The zero-order chi connectivity index (χ0) is 24.8. The zero-order valence-electron chi connectivity index (χ0n) is 18.9. The van der Waals surface area contributed by atoms with Crippen molar-refractivity contribution in [1.29, 1.82) is 0 Å². The zero-order valence-corrected chi connectivity index (χ0v) is 19.7. The number of carbonyl (C=O) groups is 1. The van der Waals surface area contributed by atoms with Gasteiger partial charge in [0.15, 0.2) is 5.69 Å². The van der Waals surface area contributed by atoms with E-state index in [2.05, 4.69) is 15.3 Å². The van der Waals surface area contributed by atoms with Crippen LogP contribution in [0.4, 0.5) is 13.2 Å². The van der Waals surface area contributed by atoms with Crippen LogP contribution in [-0.4, -0.2) is 20.8 Å². The highest BCUT2D eigenvalue weighted by Gasteiger charge is 2.30. The first kappa shape index (κ1) is 24.6. The molecule has 0 aliphatic carbocycles. The van der Waals surface area contributed by atoms with Crippen molar-refractivity contribution in [1.82, 2.24) is 20.2 Å². The van der Waals surface area contributed by atoms with Crippen LogP contribution in [0.15, 0.2) is 70.9 Å². The molecule has 0 radical (unpaired) electrons. The standard InChI is InChI=1S/C25H23F3N4O2S/c1-17-7-9-35-22(17)14-32(13-18-4-2-6-20(10-18)25(26,27)28)15-23-31-21(16-34-23)24(33)30-12-19-5-3-8-29-11-19/h2-11,16H,12-15H2,1H3,(H,30,33). The van der Waals surface area contributed by atoms with Gasteiger partial charge in [0.2, 0.25) is 5.89 Å². The predicted molar refractivity (Wildman–Crippen MR) is 125 cm³/mol. The monoisotopic (exact) mass is 500 g/mol. The summed E-state index contributed by atoms with van der Waals surface area (Å²) < 4.78 is 45.1. The molecule has 35 heavy (non-hydrogen) atoms. The van der Waals surface area contributed by atoms with Gasteiger partial charge in [0.05, 0.1) is 12.1 Å². The van der Waals surface area contributed by atoms with Gasteiger partial charge >= 0.3 is 6.18 Å². The average Bonchev–Trinajstić information content (AvgIpc) is 3.47. The number of benzene rings is 1. The van der Waals surface area contributed by atoms with Crippen molar-refractivity contribution in [3.05, 3.63) is 105 Å². The van der Waals surface area contributed by atoms with Gasteiger partial charge in [0, 0.05) is 36.9 Å². The summed E-state index contributed by atoms with van der Waals surface area (Å²) in [6, 6.07) is 10.9. The largest absolute Gasteiger partial charge is 0.447 e. The van der Waals surface area contributed by atoms with Crippen molar-refractivity contribution in [2.45, 2.75) is 39.3 Å². The summed E-state index contributed by atoms with van der Waals surface area (Å²) in [7, 11) is 0. The van der Waals surface area contributed by atoms with Crippen LogP contribution >= 0.6 is 11.3 Å². The number of alkyl halides is 3. The van der Waals surface area contributed by atoms with E-state index in [1.54, 1.807) is 35.9 Å². The molecule has 1 N–H and O–H groups in total. The molecule has 10 heteroatoms. The molecule has 1 amide bonds. The van der Waals surface area contributed by atoms with E-state index >= 15 is 0 Å². The second-order valence-electron chi connectivity index (χ2n) is 8.04. The van der Waals surface area contributed by atoms with Crippen molar-refractivity contribution >= 4 is 17.2 Å². The maximum absolute atomic E-state index is 13.2. The summed E-state index contributed by atoms with van der Waals surface area (Å²) in [5, 5.41) is 4.74. The number of hydrogen-bond donors (Lipinski definition) is 1. The fourth-order valence-electron chi connectivity index (χ4n) is 3.50. The fraction of sp³-hybridized carbons (Fsp3) is 0.240. The highest BCUT2D eigenvalue weighted by molar-refractivity contribution is 7.10. The number of hydrogen-bond acceptors (Lipinski definition) is 6. The summed E-state index contributed by atoms with van der Waals surface area (Å²) in [6.45, 7) is 3.28. The molecule has 3 aromatic heterocycles. The lowest BCUT2D eigenvalue weighted by Crippen LogP contribution is -2.24. The normalized spacial score (nSPS) is 11.7. The maximum atomic E-state index is 13.2. The lowest BCUT2D eigenvalue weighted by molar-refractivity contribution is -0.137. The number of aromatic nitrogens is 2. The third-order valence-electron chi connectivity index (χ3n) is 5.31. The van der Waals surface area contributed by atoms with E-state index in [1.807, 2.05) is 29.3 Å². The molecule has 1 aromatic carbocycles. The Morgan fingerprint density at radius 1 is 1.11 bits per heavy atom. The van der Waals surface area contributed by atoms with Crippen molar-refractivity contribution < 1.29 is 22.4 Å². The molecule has 0 aliphatic rings. The van der Waals surface area contributed by atoms with Gasteiger partial charge in [-0.1, -0.05) is 24.3 Å². The molecule has 6 nitrogen and oxygen atoms in total. The molecule has 0 fully saturated rings. The number of nitrogens with zero attached hydrogens (tertiary/aromatic N) is 3. The maximum Gasteiger partial charge on any atom is 0.416 e. The molecule has 0 unspecified atom stereocenters. The second kappa shape index (κ2) is 10.8. The molecule has 0 aliphatic heterocycles. The Balaban J connectivity index is 1.47. The van der Waals surface area contributed by atoms with E-state index in [0.717, 1.165) is 28.1 Å². The van der Waals surface area contributed by atoms with E-state index < -0.39 is 11.7 Å². The van der Waals surface area contributed by atoms with Crippen molar-refractivity contribution in [3.63, 3.8) is 0 Å². The van der Waals surface area contributed by atoms with Gasteiger partial charge < -0.3 is 9.73 Å². The number of carbonyl (C=O) groups excluding carboxylic acids is 1. The second-order valence-corrected chi connectivity index (χ2v) is 9.04. The number of aryl methyl sites for hydroxylation is 1. The number of rotatable bonds is 9. The van der Waals surface area contributed by atoms with Crippen molar-refractivity contribution in [2.75, 3.05) is 0 Å². The summed E-state index contributed by atoms with van der Waals surface area (Å²) >= 11 is 1.58. The molecular weight excluding hydrogens is 477 g/mol. The van der Waals surface area contributed by atoms with Gasteiger partial charge in [-0.15, -0.1) is 11.3 Å². The average molecular weight is 501 g/mol. The van der Waals surface area contributed by atoms with Gasteiger partial charge in [-0.3, -0.25) is 14.7 Å². The molecule has 0 spiro atoms. The van der Waals surface area contributed by atoms with Gasteiger partial charge in [-0.05, 0) is 47.2 Å². The molecule has 0 saturated heterocycles. The first-order chi connectivity index (χ1) is 16.8. The van der Waals surface area contributed by atoms with Gasteiger partial charge in [-0.25, -0.2) is 4.98 Å². The van der Waals surface area contributed by atoms with Gasteiger partial charge in [0.1, 0.15) is 6.26 Å². The third kappa shape index (κ3) is 6.77. The van der Waals surface area contributed by atoms with Gasteiger partial charge in [-0.2, -0.15) is 13.2 Å². The Labute approximate surface area is 204 Å². The Morgan fingerprint density at radius 3 is 2.66 bits per heavy atom. The highest BCUT2D eigenvalue weighted by Crippen LogP contribution is 2.30. The number of amides is 1. The molecule has 4 rings (SSSR count). The molecule has 0 atom stereocenters.